The van der Waals surface area contributed by atoms with E-state index >= 15 is 0 Å². The van der Waals surface area contributed by atoms with Crippen molar-refractivity contribution in [2.45, 2.75) is 27.2 Å². The molecule has 0 fully saturated rings. The summed E-state index contributed by atoms with van der Waals surface area (Å²) in [4.78, 5) is 0. The first-order valence-corrected chi connectivity index (χ1v) is 5.17. The van der Waals surface area contributed by atoms with Crippen molar-refractivity contribution in [1.82, 2.24) is 10.2 Å². The van der Waals surface area contributed by atoms with Crippen LogP contribution in [0.5, 0.6) is 0 Å². The number of anilines is 1. The first-order valence-electron chi connectivity index (χ1n) is 4.79. The molecule has 1 heterocycles. The van der Waals surface area contributed by atoms with E-state index in [2.05, 4.69) is 27.4 Å². The van der Waals surface area contributed by atoms with E-state index in [-0.39, 0.29) is 0 Å². The lowest BCUT2D eigenvalue weighted by atomic mass is 10.2. The minimum Gasteiger partial charge on any atom is -0.367 e. The van der Waals surface area contributed by atoms with Gasteiger partial charge in [0.15, 0.2) is 11.0 Å². The Morgan fingerprint density at radius 2 is 2.00 bits per heavy atom. The van der Waals surface area contributed by atoms with Crippen molar-refractivity contribution in [1.29, 1.82) is 0 Å². The molecule has 3 nitrogen and oxygen atoms in total. The molecule has 0 aliphatic carbocycles. The van der Waals surface area contributed by atoms with E-state index in [0.717, 1.165) is 29.9 Å². The summed E-state index contributed by atoms with van der Waals surface area (Å²) in [5.41, 5.74) is 2.01. The van der Waals surface area contributed by atoms with E-state index in [0.29, 0.717) is 5.15 Å². The van der Waals surface area contributed by atoms with Gasteiger partial charge in [-0.2, -0.15) is 0 Å². The smallest absolute Gasteiger partial charge is 0.155 e. The fraction of sp³-hybridized carbons (Fsp3) is 0.455. The van der Waals surface area contributed by atoms with Crippen molar-refractivity contribution in [3.05, 3.63) is 16.3 Å². The molecule has 0 aliphatic rings. The second kappa shape index (κ2) is 5.57. The molecule has 0 aliphatic heterocycles. The van der Waals surface area contributed by atoms with Crippen molar-refractivity contribution < 1.29 is 0 Å². The summed E-state index contributed by atoms with van der Waals surface area (Å²) in [6, 6.07) is 0. The molecule has 0 saturated heterocycles. The zero-order valence-electron chi connectivity index (χ0n) is 9.19. The quantitative estimate of drug-likeness (QED) is 0.632. The van der Waals surface area contributed by atoms with Crippen LogP contribution in [0.25, 0.3) is 0 Å². The van der Waals surface area contributed by atoms with Crippen LogP contribution in [-0.2, 0) is 0 Å². The number of halogens is 1. The van der Waals surface area contributed by atoms with Gasteiger partial charge in [-0.25, -0.2) is 0 Å². The van der Waals surface area contributed by atoms with Gasteiger partial charge in [0.2, 0.25) is 0 Å². The summed E-state index contributed by atoms with van der Waals surface area (Å²) >= 11 is 5.85. The monoisotopic (exact) mass is 223 g/mol. The van der Waals surface area contributed by atoms with Gasteiger partial charge in [0.05, 0.1) is 0 Å². The third-order valence-electron chi connectivity index (χ3n) is 2.18. The molecule has 0 spiro atoms. The molecule has 4 heteroatoms. The number of nitrogens with zero attached hydrogens (tertiary/aromatic N) is 2. The average molecular weight is 224 g/mol. The minimum absolute atomic E-state index is 0.464. The predicted octanol–water partition coefficient (Wildman–Crippen LogP) is 2.57. The topological polar surface area (TPSA) is 37.8 Å². The molecular weight excluding hydrogens is 210 g/mol. The van der Waals surface area contributed by atoms with Gasteiger partial charge in [0.1, 0.15) is 0 Å². The summed E-state index contributed by atoms with van der Waals surface area (Å²) in [5, 5.41) is 11.5. The van der Waals surface area contributed by atoms with Crippen LogP contribution < -0.4 is 5.32 Å². The van der Waals surface area contributed by atoms with Gasteiger partial charge < -0.3 is 5.32 Å². The Morgan fingerprint density at radius 1 is 1.27 bits per heavy atom. The highest BCUT2D eigenvalue weighted by Gasteiger charge is 2.06. The Hall–Kier alpha value is -1.27. The molecular formula is C11H14ClN3. The molecule has 0 saturated carbocycles. The van der Waals surface area contributed by atoms with Gasteiger partial charge in [-0.1, -0.05) is 11.6 Å². The Bertz CT molecular complexity index is 404. The summed E-state index contributed by atoms with van der Waals surface area (Å²) in [5.74, 6) is 6.61. The standard InChI is InChI=1S/C11H14ClN3/c1-4-5-6-7-13-11-9(3)8(2)10(12)14-15-11/h6-7H2,1-3H3,(H,13,15). The number of hydrogen-bond donors (Lipinski definition) is 1. The van der Waals surface area contributed by atoms with Crippen molar-refractivity contribution in [2.75, 3.05) is 11.9 Å². The molecule has 0 amide bonds. The fourth-order valence-corrected chi connectivity index (χ4v) is 1.29. The van der Waals surface area contributed by atoms with Gasteiger partial charge in [0, 0.05) is 13.0 Å². The minimum atomic E-state index is 0.464. The van der Waals surface area contributed by atoms with E-state index in [1.807, 2.05) is 20.8 Å². The van der Waals surface area contributed by atoms with Gasteiger partial charge in [0.25, 0.3) is 0 Å². The van der Waals surface area contributed by atoms with Crippen LogP contribution in [0.15, 0.2) is 0 Å². The predicted molar refractivity (Wildman–Crippen MR) is 63.1 cm³/mol. The zero-order valence-corrected chi connectivity index (χ0v) is 9.94. The number of hydrogen-bond acceptors (Lipinski definition) is 3. The molecule has 1 aromatic heterocycles. The molecule has 15 heavy (non-hydrogen) atoms. The molecule has 80 valence electrons. The summed E-state index contributed by atoms with van der Waals surface area (Å²) in [7, 11) is 0. The Kier molecular flexibility index (Phi) is 4.38. The van der Waals surface area contributed by atoms with E-state index in [1.165, 1.54) is 0 Å². The fourth-order valence-electron chi connectivity index (χ4n) is 1.11. The van der Waals surface area contributed by atoms with E-state index in [9.17, 15) is 0 Å². The third kappa shape index (κ3) is 3.10. The van der Waals surface area contributed by atoms with Crippen LogP contribution >= 0.6 is 11.6 Å². The molecule has 1 aromatic rings. The van der Waals surface area contributed by atoms with Crippen LogP contribution in [0.1, 0.15) is 24.5 Å². The largest absolute Gasteiger partial charge is 0.367 e. The molecule has 0 bridgehead atoms. The number of rotatable bonds is 3. The maximum atomic E-state index is 5.85. The van der Waals surface area contributed by atoms with Crippen LogP contribution in [0.4, 0.5) is 5.82 Å². The lowest BCUT2D eigenvalue weighted by molar-refractivity contribution is 0.966. The second-order valence-corrected chi connectivity index (χ2v) is 3.55. The van der Waals surface area contributed by atoms with Crippen LogP contribution in [0.2, 0.25) is 5.15 Å². The van der Waals surface area contributed by atoms with Crippen LogP contribution in [-0.4, -0.2) is 16.7 Å². The van der Waals surface area contributed by atoms with Gasteiger partial charge >= 0.3 is 0 Å². The zero-order chi connectivity index (χ0) is 11.3. The Balaban J connectivity index is 2.68. The van der Waals surface area contributed by atoms with Crippen molar-refractivity contribution in [3.8, 4) is 11.8 Å². The molecule has 0 aromatic carbocycles. The Labute approximate surface area is 95.2 Å². The Morgan fingerprint density at radius 3 is 2.67 bits per heavy atom. The highest BCUT2D eigenvalue weighted by molar-refractivity contribution is 6.30. The molecule has 0 atom stereocenters. The molecule has 1 N–H and O–H groups in total. The van der Waals surface area contributed by atoms with Gasteiger partial charge in [-0.3, -0.25) is 0 Å². The van der Waals surface area contributed by atoms with E-state index in [1.54, 1.807) is 0 Å². The van der Waals surface area contributed by atoms with E-state index in [4.69, 9.17) is 11.6 Å². The number of aromatic nitrogens is 2. The maximum absolute atomic E-state index is 5.85. The summed E-state index contributed by atoms with van der Waals surface area (Å²) in [6.07, 6.45) is 0.805. The molecule has 0 unspecified atom stereocenters. The van der Waals surface area contributed by atoms with Crippen molar-refractivity contribution in [3.63, 3.8) is 0 Å². The van der Waals surface area contributed by atoms with E-state index < -0.39 is 0 Å². The third-order valence-corrected chi connectivity index (χ3v) is 2.54. The highest BCUT2D eigenvalue weighted by Crippen LogP contribution is 2.20. The summed E-state index contributed by atoms with van der Waals surface area (Å²) in [6.45, 7) is 6.52. The first kappa shape index (κ1) is 11.8. The summed E-state index contributed by atoms with van der Waals surface area (Å²) < 4.78 is 0. The first-order chi connectivity index (χ1) is 7.16. The average Bonchev–Trinajstić information content (AvgIpc) is 2.24. The normalized spacial score (nSPS) is 9.33. The van der Waals surface area contributed by atoms with Gasteiger partial charge in [-0.15, -0.1) is 22.0 Å². The van der Waals surface area contributed by atoms with Crippen molar-refractivity contribution >= 4 is 17.4 Å². The SMILES string of the molecule is CC#CCCNc1nnc(Cl)c(C)c1C. The second-order valence-electron chi connectivity index (χ2n) is 3.19. The lowest BCUT2D eigenvalue weighted by Crippen LogP contribution is -2.06. The van der Waals surface area contributed by atoms with Crippen LogP contribution in [0.3, 0.4) is 0 Å². The molecule has 1 rings (SSSR count). The van der Waals surface area contributed by atoms with Crippen LogP contribution in [0, 0.1) is 25.7 Å². The highest BCUT2D eigenvalue weighted by atomic mass is 35.5. The maximum Gasteiger partial charge on any atom is 0.155 e. The van der Waals surface area contributed by atoms with Crippen molar-refractivity contribution in [2.24, 2.45) is 0 Å². The van der Waals surface area contributed by atoms with Gasteiger partial charge in [-0.05, 0) is 31.9 Å². The lowest BCUT2D eigenvalue weighted by Gasteiger charge is -2.08. The number of nitrogens with one attached hydrogen (secondary N) is 1. The molecule has 0 radical (unpaired) electrons.